The SMILES string of the molecule is N[C@@H](CCO)c1ccc(Br)[nH]1. The van der Waals surface area contributed by atoms with E-state index < -0.39 is 0 Å². The molecule has 11 heavy (non-hydrogen) atoms. The van der Waals surface area contributed by atoms with Crippen LogP contribution in [0.1, 0.15) is 18.2 Å². The van der Waals surface area contributed by atoms with E-state index in [1.54, 1.807) is 0 Å². The normalized spacial score (nSPS) is 13.4. The lowest BCUT2D eigenvalue weighted by Crippen LogP contribution is -2.12. The first kappa shape index (κ1) is 8.77. The van der Waals surface area contributed by atoms with Crippen LogP contribution in [0.2, 0.25) is 0 Å². The maximum absolute atomic E-state index is 8.60. The molecule has 0 saturated heterocycles. The number of hydrogen-bond acceptors (Lipinski definition) is 2. The number of aliphatic hydroxyl groups is 1. The molecule has 62 valence electrons. The van der Waals surface area contributed by atoms with E-state index in [0.717, 1.165) is 10.3 Å². The highest BCUT2D eigenvalue weighted by atomic mass is 79.9. The molecule has 0 bridgehead atoms. The van der Waals surface area contributed by atoms with Crippen LogP contribution >= 0.6 is 15.9 Å². The van der Waals surface area contributed by atoms with Crippen molar-refractivity contribution in [3.8, 4) is 0 Å². The first-order valence-corrected chi connectivity index (χ1v) is 4.24. The Balaban J connectivity index is 2.60. The molecule has 0 unspecified atom stereocenters. The Bertz CT molecular complexity index is 224. The quantitative estimate of drug-likeness (QED) is 0.714. The largest absolute Gasteiger partial charge is 0.396 e. The van der Waals surface area contributed by atoms with E-state index in [1.807, 2.05) is 12.1 Å². The summed E-state index contributed by atoms with van der Waals surface area (Å²) in [6, 6.07) is 3.71. The fraction of sp³-hybridized carbons (Fsp3) is 0.429. The van der Waals surface area contributed by atoms with Crippen molar-refractivity contribution in [2.24, 2.45) is 5.73 Å². The molecule has 0 spiro atoms. The van der Waals surface area contributed by atoms with E-state index in [9.17, 15) is 0 Å². The Morgan fingerprint density at radius 1 is 1.64 bits per heavy atom. The fourth-order valence-corrected chi connectivity index (χ4v) is 1.26. The molecular formula is C7H11BrN2O. The van der Waals surface area contributed by atoms with Crippen LogP contribution < -0.4 is 5.73 Å². The maximum atomic E-state index is 8.60. The standard InChI is InChI=1S/C7H11BrN2O/c8-7-2-1-6(10-7)5(9)3-4-11/h1-2,5,10-11H,3-4,9H2/t5-/m0/s1. The van der Waals surface area contributed by atoms with Crippen LogP contribution in [0.15, 0.2) is 16.7 Å². The highest BCUT2D eigenvalue weighted by molar-refractivity contribution is 9.10. The molecule has 1 aromatic rings. The van der Waals surface area contributed by atoms with Crippen molar-refractivity contribution >= 4 is 15.9 Å². The minimum absolute atomic E-state index is 0.0914. The van der Waals surface area contributed by atoms with E-state index in [-0.39, 0.29) is 12.6 Å². The Morgan fingerprint density at radius 3 is 2.82 bits per heavy atom. The van der Waals surface area contributed by atoms with E-state index in [4.69, 9.17) is 10.8 Å². The highest BCUT2D eigenvalue weighted by Crippen LogP contribution is 2.15. The van der Waals surface area contributed by atoms with E-state index in [2.05, 4.69) is 20.9 Å². The number of aromatic nitrogens is 1. The van der Waals surface area contributed by atoms with Gasteiger partial charge >= 0.3 is 0 Å². The molecule has 0 amide bonds. The summed E-state index contributed by atoms with van der Waals surface area (Å²) < 4.78 is 0.917. The van der Waals surface area contributed by atoms with Gasteiger partial charge in [0.1, 0.15) is 0 Å². The highest BCUT2D eigenvalue weighted by Gasteiger charge is 2.05. The van der Waals surface area contributed by atoms with Crippen molar-refractivity contribution in [3.63, 3.8) is 0 Å². The summed E-state index contributed by atoms with van der Waals surface area (Å²) in [7, 11) is 0. The first-order valence-electron chi connectivity index (χ1n) is 3.45. The van der Waals surface area contributed by atoms with Crippen molar-refractivity contribution < 1.29 is 5.11 Å². The summed E-state index contributed by atoms with van der Waals surface area (Å²) in [5.74, 6) is 0. The molecule has 1 atom stereocenters. The summed E-state index contributed by atoms with van der Waals surface area (Å²) >= 11 is 3.28. The average molecular weight is 219 g/mol. The van der Waals surface area contributed by atoms with E-state index >= 15 is 0 Å². The Morgan fingerprint density at radius 2 is 2.36 bits per heavy atom. The second kappa shape index (κ2) is 3.90. The van der Waals surface area contributed by atoms with E-state index in [0.29, 0.717) is 6.42 Å². The number of nitrogens with one attached hydrogen (secondary N) is 1. The number of rotatable bonds is 3. The molecule has 0 aliphatic heterocycles. The van der Waals surface area contributed by atoms with Crippen LogP contribution in [0, 0.1) is 0 Å². The average Bonchev–Trinajstić information content (AvgIpc) is 2.36. The molecule has 3 nitrogen and oxygen atoms in total. The van der Waals surface area contributed by atoms with Gasteiger partial charge in [0, 0.05) is 18.3 Å². The number of nitrogens with two attached hydrogens (primary N) is 1. The molecule has 4 N–H and O–H groups in total. The topological polar surface area (TPSA) is 62.0 Å². The van der Waals surface area contributed by atoms with Gasteiger partial charge in [-0.25, -0.2) is 0 Å². The second-order valence-corrected chi connectivity index (χ2v) is 3.23. The Kier molecular flexibility index (Phi) is 3.11. The molecule has 0 aliphatic rings. The van der Waals surface area contributed by atoms with Crippen molar-refractivity contribution in [2.75, 3.05) is 6.61 Å². The molecule has 0 aliphatic carbocycles. The third kappa shape index (κ3) is 2.32. The lowest BCUT2D eigenvalue weighted by molar-refractivity contribution is 0.276. The monoisotopic (exact) mass is 218 g/mol. The Hall–Kier alpha value is -0.320. The molecule has 1 aromatic heterocycles. The summed E-state index contributed by atoms with van der Waals surface area (Å²) in [6.45, 7) is 0.123. The van der Waals surface area contributed by atoms with Crippen LogP contribution in [0.5, 0.6) is 0 Å². The van der Waals surface area contributed by atoms with Crippen molar-refractivity contribution in [1.82, 2.24) is 4.98 Å². The van der Waals surface area contributed by atoms with Crippen LogP contribution in [0.3, 0.4) is 0 Å². The Labute approximate surface area is 73.7 Å². The molecule has 1 rings (SSSR count). The zero-order valence-corrected chi connectivity index (χ0v) is 7.63. The van der Waals surface area contributed by atoms with Gasteiger partial charge in [0.2, 0.25) is 0 Å². The number of aliphatic hydroxyl groups excluding tert-OH is 1. The molecule has 0 radical (unpaired) electrons. The molecule has 0 fully saturated rings. The second-order valence-electron chi connectivity index (χ2n) is 2.38. The van der Waals surface area contributed by atoms with Gasteiger partial charge in [0.25, 0.3) is 0 Å². The van der Waals surface area contributed by atoms with Gasteiger partial charge in [0.05, 0.1) is 4.60 Å². The lowest BCUT2D eigenvalue weighted by atomic mass is 10.2. The summed E-state index contributed by atoms with van der Waals surface area (Å²) in [4.78, 5) is 3.04. The predicted octanol–water partition coefficient (Wildman–Crippen LogP) is 1.16. The fourth-order valence-electron chi connectivity index (χ4n) is 0.895. The number of hydrogen-bond donors (Lipinski definition) is 3. The van der Waals surface area contributed by atoms with Gasteiger partial charge in [0.15, 0.2) is 0 Å². The van der Waals surface area contributed by atoms with Crippen molar-refractivity contribution in [2.45, 2.75) is 12.5 Å². The summed E-state index contributed by atoms with van der Waals surface area (Å²) in [5.41, 5.74) is 6.66. The minimum Gasteiger partial charge on any atom is -0.396 e. The molecule has 4 heteroatoms. The van der Waals surface area contributed by atoms with Crippen LogP contribution in [0.25, 0.3) is 0 Å². The van der Waals surface area contributed by atoms with Gasteiger partial charge in [-0.15, -0.1) is 0 Å². The number of H-pyrrole nitrogens is 1. The third-order valence-corrected chi connectivity index (χ3v) is 1.98. The van der Waals surface area contributed by atoms with Gasteiger partial charge in [-0.3, -0.25) is 0 Å². The van der Waals surface area contributed by atoms with Crippen LogP contribution in [0.4, 0.5) is 0 Å². The summed E-state index contributed by atoms with van der Waals surface area (Å²) in [5, 5.41) is 8.60. The predicted molar refractivity (Wildman–Crippen MR) is 47.1 cm³/mol. The van der Waals surface area contributed by atoms with Crippen LogP contribution in [-0.4, -0.2) is 16.7 Å². The van der Waals surface area contributed by atoms with Gasteiger partial charge in [-0.05, 0) is 34.5 Å². The van der Waals surface area contributed by atoms with Crippen molar-refractivity contribution in [1.29, 1.82) is 0 Å². The van der Waals surface area contributed by atoms with E-state index in [1.165, 1.54) is 0 Å². The number of aromatic amines is 1. The van der Waals surface area contributed by atoms with Gasteiger partial charge < -0.3 is 15.8 Å². The summed E-state index contributed by atoms with van der Waals surface area (Å²) in [6.07, 6.45) is 0.590. The zero-order valence-electron chi connectivity index (χ0n) is 6.05. The molecular weight excluding hydrogens is 208 g/mol. The van der Waals surface area contributed by atoms with Crippen LogP contribution in [-0.2, 0) is 0 Å². The smallest absolute Gasteiger partial charge is 0.0822 e. The van der Waals surface area contributed by atoms with Gasteiger partial charge in [-0.1, -0.05) is 0 Å². The molecule has 0 aromatic carbocycles. The first-order chi connectivity index (χ1) is 5.24. The third-order valence-electron chi connectivity index (χ3n) is 1.51. The van der Waals surface area contributed by atoms with Crippen molar-refractivity contribution in [3.05, 3.63) is 22.4 Å². The van der Waals surface area contributed by atoms with Gasteiger partial charge in [-0.2, -0.15) is 0 Å². The maximum Gasteiger partial charge on any atom is 0.0822 e. The molecule has 0 saturated carbocycles. The lowest BCUT2D eigenvalue weighted by Gasteiger charge is -2.06. The molecule has 1 heterocycles. The minimum atomic E-state index is -0.0914. The number of halogens is 1. The zero-order chi connectivity index (χ0) is 8.27.